The molecule has 3 aromatic rings. The van der Waals surface area contributed by atoms with Crippen molar-refractivity contribution in [2.75, 3.05) is 11.9 Å². The van der Waals surface area contributed by atoms with Gasteiger partial charge in [0, 0.05) is 10.7 Å². The predicted octanol–water partition coefficient (Wildman–Crippen LogP) is 3.91. The molecule has 0 saturated heterocycles. The van der Waals surface area contributed by atoms with E-state index in [0.29, 0.717) is 27.4 Å². The van der Waals surface area contributed by atoms with Gasteiger partial charge in [-0.2, -0.15) is 0 Å². The highest BCUT2D eigenvalue weighted by molar-refractivity contribution is 6.35. The summed E-state index contributed by atoms with van der Waals surface area (Å²) < 4.78 is 7.25. The minimum atomic E-state index is -0.358. The van der Waals surface area contributed by atoms with Gasteiger partial charge in [-0.05, 0) is 39.0 Å². The molecular weight excluding hydrogens is 389 g/mol. The van der Waals surface area contributed by atoms with Crippen molar-refractivity contribution in [2.24, 2.45) is 0 Å². The Balaban J connectivity index is 1.63. The van der Waals surface area contributed by atoms with Crippen molar-refractivity contribution in [3.8, 4) is 11.7 Å². The van der Waals surface area contributed by atoms with Gasteiger partial charge in [0.25, 0.3) is 5.91 Å². The fourth-order valence-electron chi connectivity index (χ4n) is 2.51. The first-order valence-electron chi connectivity index (χ1n) is 8.08. The average molecular weight is 406 g/mol. The number of aromatic nitrogens is 4. The predicted molar refractivity (Wildman–Crippen MR) is 104 cm³/mol. The molecule has 0 aliphatic heterocycles. The summed E-state index contributed by atoms with van der Waals surface area (Å²) in [6.45, 7) is 5.56. The van der Waals surface area contributed by atoms with E-state index in [2.05, 4.69) is 20.3 Å². The molecule has 0 fully saturated rings. The number of hydrogen-bond acceptors (Lipinski definition) is 5. The number of aryl methyl sites for hydroxylation is 2. The number of rotatable bonds is 5. The lowest BCUT2D eigenvalue weighted by Crippen LogP contribution is -2.20. The number of carbonyl (C=O) groups excluding carboxylic acids is 1. The van der Waals surface area contributed by atoms with E-state index in [1.165, 1.54) is 12.4 Å². The van der Waals surface area contributed by atoms with Gasteiger partial charge in [-0.3, -0.25) is 9.36 Å². The molecule has 1 N–H and O–H groups in total. The molecule has 1 amide bonds. The molecule has 2 aromatic heterocycles. The van der Waals surface area contributed by atoms with E-state index in [1.807, 2.05) is 25.3 Å². The van der Waals surface area contributed by atoms with Gasteiger partial charge in [-0.15, -0.1) is 0 Å². The molecule has 9 heteroatoms. The largest absolute Gasteiger partial charge is 0.482 e. The molecule has 3 rings (SSSR count). The third-order valence-electron chi connectivity index (χ3n) is 3.89. The van der Waals surface area contributed by atoms with Crippen molar-refractivity contribution in [2.45, 2.75) is 20.8 Å². The van der Waals surface area contributed by atoms with Crippen molar-refractivity contribution < 1.29 is 9.53 Å². The number of hydrogen-bond donors (Lipinski definition) is 1. The molecule has 0 radical (unpaired) electrons. The fraction of sp³-hybridized carbons (Fsp3) is 0.222. The van der Waals surface area contributed by atoms with Crippen molar-refractivity contribution >= 4 is 34.8 Å². The second kappa shape index (κ2) is 7.94. The first-order chi connectivity index (χ1) is 12.8. The SMILES string of the molecule is Cc1nc(C)n(-c2ncc(NC(=O)COc3ccc(Cl)cc3Cl)cn2)c1C. The van der Waals surface area contributed by atoms with E-state index in [4.69, 9.17) is 27.9 Å². The molecule has 2 heterocycles. The van der Waals surface area contributed by atoms with Crippen molar-refractivity contribution in [3.05, 3.63) is 57.9 Å². The lowest BCUT2D eigenvalue weighted by molar-refractivity contribution is -0.118. The van der Waals surface area contributed by atoms with Crippen molar-refractivity contribution in [3.63, 3.8) is 0 Å². The van der Waals surface area contributed by atoms with Gasteiger partial charge in [0.1, 0.15) is 11.6 Å². The van der Waals surface area contributed by atoms with Gasteiger partial charge in [-0.25, -0.2) is 15.0 Å². The van der Waals surface area contributed by atoms with Crippen LogP contribution in [-0.4, -0.2) is 32.0 Å². The monoisotopic (exact) mass is 405 g/mol. The van der Waals surface area contributed by atoms with Gasteiger partial charge >= 0.3 is 0 Å². The third-order valence-corrected chi connectivity index (χ3v) is 4.42. The molecule has 0 atom stereocenters. The Hall–Kier alpha value is -2.64. The Bertz CT molecular complexity index is 986. The van der Waals surface area contributed by atoms with Gasteiger partial charge in [-0.1, -0.05) is 23.2 Å². The number of imidazole rings is 1. The van der Waals surface area contributed by atoms with Crippen LogP contribution in [0.3, 0.4) is 0 Å². The number of anilines is 1. The molecular formula is C18H17Cl2N5O2. The number of nitrogens with one attached hydrogen (secondary N) is 1. The minimum absolute atomic E-state index is 0.206. The van der Waals surface area contributed by atoms with Gasteiger partial charge < -0.3 is 10.1 Å². The number of benzene rings is 1. The Morgan fingerprint density at radius 2 is 1.89 bits per heavy atom. The van der Waals surface area contributed by atoms with Crippen LogP contribution in [0.25, 0.3) is 5.95 Å². The van der Waals surface area contributed by atoms with Crippen LogP contribution in [0.2, 0.25) is 10.0 Å². The van der Waals surface area contributed by atoms with Crippen LogP contribution < -0.4 is 10.1 Å². The highest BCUT2D eigenvalue weighted by atomic mass is 35.5. The second-order valence-corrected chi connectivity index (χ2v) is 6.69. The standard InChI is InChI=1S/C18H17Cl2N5O2/c1-10-11(2)25(12(3)23-10)18-21-7-14(8-22-18)24-17(26)9-27-16-5-4-13(19)6-15(16)20/h4-8H,9H2,1-3H3,(H,24,26). The molecule has 140 valence electrons. The molecule has 1 aromatic carbocycles. The summed E-state index contributed by atoms with van der Waals surface area (Å²) in [5.74, 6) is 1.32. The first kappa shape index (κ1) is 19.1. The van der Waals surface area contributed by atoms with Crippen LogP contribution in [0, 0.1) is 20.8 Å². The lowest BCUT2D eigenvalue weighted by atomic mass is 10.3. The zero-order valence-corrected chi connectivity index (χ0v) is 16.5. The summed E-state index contributed by atoms with van der Waals surface area (Å²) in [5, 5.41) is 3.50. The van der Waals surface area contributed by atoms with Crippen LogP contribution in [-0.2, 0) is 4.79 Å². The quantitative estimate of drug-likeness (QED) is 0.695. The number of amides is 1. The fourth-order valence-corrected chi connectivity index (χ4v) is 2.97. The summed E-state index contributed by atoms with van der Waals surface area (Å²) in [4.78, 5) is 25.1. The zero-order chi connectivity index (χ0) is 19.6. The summed E-state index contributed by atoms with van der Waals surface area (Å²) in [7, 11) is 0. The Labute approximate surface area is 166 Å². The Morgan fingerprint density at radius 1 is 1.19 bits per heavy atom. The number of ether oxygens (including phenoxy) is 1. The highest BCUT2D eigenvalue weighted by Crippen LogP contribution is 2.27. The molecule has 27 heavy (non-hydrogen) atoms. The van der Waals surface area contributed by atoms with E-state index < -0.39 is 0 Å². The van der Waals surface area contributed by atoms with E-state index in [1.54, 1.807) is 18.2 Å². The van der Waals surface area contributed by atoms with Crippen LogP contribution in [0.5, 0.6) is 5.75 Å². The van der Waals surface area contributed by atoms with E-state index in [9.17, 15) is 4.79 Å². The maximum absolute atomic E-state index is 12.1. The summed E-state index contributed by atoms with van der Waals surface area (Å²) >= 11 is 11.8. The average Bonchev–Trinajstić information content (AvgIpc) is 2.87. The maximum Gasteiger partial charge on any atom is 0.262 e. The van der Waals surface area contributed by atoms with Crippen LogP contribution in [0.1, 0.15) is 17.2 Å². The van der Waals surface area contributed by atoms with Crippen LogP contribution >= 0.6 is 23.2 Å². The first-order valence-corrected chi connectivity index (χ1v) is 8.83. The molecule has 0 unspecified atom stereocenters. The number of nitrogens with zero attached hydrogens (tertiary/aromatic N) is 4. The van der Waals surface area contributed by atoms with Crippen molar-refractivity contribution in [1.29, 1.82) is 0 Å². The normalized spacial score (nSPS) is 10.7. The van der Waals surface area contributed by atoms with E-state index in [0.717, 1.165) is 17.2 Å². The smallest absolute Gasteiger partial charge is 0.262 e. The number of halogens is 2. The number of carbonyl (C=O) groups is 1. The highest BCUT2D eigenvalue weighted by Gasteiger charge is 2.12. The van der Waals surface area contributed by atoms with Crippen molar-refractivity contribution in [1.82, 2.24) is 19.5 Å². The molecule has 0 aliphatic carbocycles. The Morgan fingerprint density at radius 3 is 2.48 bits per heavy atom. The van der Waals surface area contributed by atoms with Crippen LogP contribution in [0.4, 0.5) is 5.69 Å². The van der Waals surface area contributed by atoms with Crippen LogP contribution in [0.15, 0.2) is 30.6 Å². The van der Waals surface area contributed by atoms with Gasteiger partial charge in [0.2, 0.25) is 5.95 Å². The van der Waals surface area contributed by atoms with E-state index >= 15 is 0 Å². The zero-order valence-electron chi connectivity index (χ0n) is 15.0. The third kappa shape index (κ3) is 4.37. The second-order valence-electron chi connectivity index (χ2n) is 5.85. The molecule has 0 spiro atoms. The van der Waals surface area contributed by atoms with Gasteiger partial charge in [0.15, 0.2) is 6.61 Å². The Kier molecular flexibility index (Phi) is 5.62. The molecule has 0 aliphatic rings. The summed E-state index contributed by atoms with van der Waals surface area (Å²) in [5.41, 5.74) is 2.35. The molecule has 0 saturated carbocycles. The van der Waals surface area contributed by atoms with E-state index in [-0.39, 0.29) is 12.5 Å². The molecule has 0 bridgehead atoms. The van der Waals surface area contributed by atoms with Gasteiger partial charge in [0.05, 0.1) is 28.8 Å². The summed E-state index contributed by atoms with van der Waals surface area (Å²) in [6, 6.07) is 4.79. The minimum Gasteiger partial charge on any atom is -0.482 e. The topological polar surface area (TPSA) is 81.9 Å². The summed E-state index contributed by atoms with van der Waals surface area (Å²) in [6.07, 6.45) is 3.06. The molecule has 7 nitrogen and oxygen atoms in total. The lowest BCUT2D eigenvalue weighted by Gasteiger charge is -2.10. The maximum atomic E-state index is 12.1.